The first-order valence-electron chi connectivity index (χ1n) is 16.4. The first-order chi connectivity index (χ1) is 21.5. The van der Waals surface area contributed by atoms with Crippen molar-refractivity contribution in [3.8, 4) is 33.8 Å². The molecule has 0 aliphatic heterocycles. The summed E-state index contributed by atoms with van der Waals surface area (Å²) in [6.07, 6.45) is 13.1. The van der Waals surface area contributed by atoms with Crippen LogP contribution < -0.4 is 0 Å². The largest absolute Gasteiger partial charge is 0.228 e. The molecule has 0 radical (unpaired) electrons. The van der Waals surface area contributed by atoms with Gasteiger partial charge in [0.1, 0.15) is 0 Å². The first kappa shape index (κ1) is 27.3. The second-order valence-corrected chi connectivity index (χ2v) is 13.8. The van der Waals surface area contributed by atoms with Crippen LogP contribution in [0.5, 0.6) is 0 Å². The molecule has 0 bridgehead atoms. The molecule has 0 saturated heterocycles. The zero-order valence-electron chi connectivity index (χ0n) is 26.1. The highest BCUT2D eigenvalue weighted by Gasteiger charge is 2.47. The van der Waals surface area contributed by atoms with Gasteiger partial charge in [0.15, 0.2) is 5.82 Å². The van der Waals surface area contributed by atoms with Crippen molar-refractivity contribution in [3.63, 3.8) is 0 Å². The summed E-state index contributed by atoms with van der Waals surface area (Å²) in [4.78, 5) is 10.3. The minimum atomic E-state index is 0.114. The standard InChI is InChI=1S/C42H40N2/c1-27-17-19-29(20-18-27)38-26-37(28-11-5-4-6-12-28)43-41(44-38)31-23-21-30(22-24-31)39-33-14-8-7-13-32(33)25-36-40(39)34-15-9-10-16-35(34)42(36,2)3/h4-8,10-14,16,19,21-27,34-35H,9,15,17-18,20H2,1-3H3. The topological polar surface area (TPSA) is 25.8 Å². The summed E-state index contributed by atoms with van der Waals surface area (Å²) < 4.78 is 0. The van der Waals surface area contributed by atoms with Crippen LogP contribution in [-0.2, 0) is 5.41 Å². The Morgan fingerprint density at radius 3 is 2.30 bits per heavy atom. The van der Waals surface area contributed by atoms with Crippen LogP contribution in [0.1, 0.15) is 75.6 Å². The molecule has 2 heteroatoms. The molecule has 44 heavy (non-hydrogen) atoms. The highest BCUT2D eigenvalue weighted by atomic mass is 14.9. The zero-order chi connectivity index (χ0) is 29.8. The fraction of sp³-hybridized carbons (Fsp3) is 0.286. The highest BCUT2D eigenvalue weighted by Crippen LogP contribution is 2.58. The zero-order valence-corrected chi connectivity index (χ0v) is 26.1. The SMILES string of the molecule is CC1CC=C(c2cc(-c3ccccc3)nc(-c3ccc(-c4c5c(cc6ccccc46)C(C)(C)C4C=CCCC54)cc3)n2)CC1. The Morgan fingerprint density at radius 1 is 0.750 bits per heavy atom. The summed E-state index contributed by atoms with van der Waals surface area (Å²) in [5.74, 6) is 2.64. The fourth-order valence-electron chi connectivity index (χ4n) is 8.15. The van der Waals surface area contributed by atoms with Gasteiger partial charge >= 0.3 is 0 Å². The third-order valence-corrected chi connectivity index (χ3v) is 10.6. The highest BCUT2D eigenvalue weighted by molar-refractivity contribution is 6.00. The van der Waals surface area contributed by atoms with E-state index in [4.69, 9.17) is 9.97 Å². The fourth-order valence-corrected chi connectivity index (χ4v) is 8.15. The minimum Gasteiger partial charge on any atom is -0.228 e. The Kier molecular flexibility index (Phi) is 6.63. The van der Waals surface area contributed by atoms with E-state index in [1.165, 1.54) is 45.9 Å². The maximum Gasteiger partial charge on any atom is 0.160 e. The normalized spacial score (nSPS) is 22.0. The van der Waals surface area contributed by atoms with Crippen LogP contribution in [0.4, 0.5) is 0 Å². The van der Waals surface area contributed by atoms with Gasteiger partial charge in [0.2, 0.25) is 0 Å². The molecule has 0 amide bonds. The molecule has 218 valence electrons. The summed E-state index contributed by atoms with van der Waals surface area (Å²) in [6, 6.07) is 33.3. The maximum atomic E-state index is 5.17. The molecule has 8 rings (SSSR count). The second kappa shape index (κ2) is 10.7. The molecule has 3 unspecified atom stereocenters. The smallest absolute Gasteiger partial charge is 0.160 e. The predicted octanol–water partition coefficient (Wildman–Crippen LogP) is 11.2. The Hall–Kier alpha value is -4.30. The lowest BCUT2D eigenvalue weighted by Crippen LogP contribution is -2.25. The lowest BCUT2D eigenvalue weighted by atomic mass is 9.73. The van der Waals surface area contributed by atoms with Crippen LogP contribution in [0.3, 0.4) is 0 Å². The lowest BCUT2D eigenvalue weighted by Gasteiger charge is -2.31. The van der Waals surface area contributed by atoms with Crippen LogP contribution in [0.15, 0.2) is 109 Å². The minimum absolute atomic E-state index is 0.114. The van der Waals surface area contributed by atoms with Crippen molar-refractivity contribution in [3.05, 3.63) is 126 Å². The van der Waals surface area contributed by atoms with Crippen molar-refractivity contribution >= 4 is 16.3 Å². The molecule has 4 aromatic carbocycles. The van der Waals surface area contributed by atoms with Crippen molar-refractivity contribution < 1.29 is 0 Å². The third kappa shape index (κ3) is 4.54. The Bertz CT molecular complexity index is 1930. The molecule has 2 nitrogen and oxygen atoms in total. The summed E-state index contributed by atoms with van der Waals surface area (Å²) in [7, 11) is 0. The van der Waals surface area contributed by atoms with Gasteiger partial charge in [-0.05, 0) is 99.9 Å². The van der Waals surface area contributed by atoms with Crippen molar-refractivity contribution in [2.75, 3.05) is 0 Å². The van der Waals surface area contributed by atoms with Gasteiger partial charge in [0.05, 0.1) is 11.4 Å². The summed E-state index contributed by atoms with van der Waals surface area (Å²) >= 11 is 0. The van der Waals surface area contributed by atoms with Gasteiger partial charge in [-0.3, -0.25) is 0 Å². The Morgan fingerprint density at radius 2 is 1.50 bits per heavy atom. The average molecular weight is 573 g/mol. The van der Waals surface area contributed by atoms with E-state index in [9.17, 15) is 0 Å². The van der Waals surface area contributed by atoms with Crippen molar-refractivity contribution in [1.82, 2.24) is 9.97 Å². The van der Waals surface area contributed by atoms with E-state index < -0.39 is 0 Å². The van der Waals surface area contributed by atoms with Crippen molar-refractivity contribution in [1.29, 1.82) is 0 Å². The number of nitrogens with zero attached hydrogens (tertiary/aromatic N) is 2. The van der Waals surface area contributed by atoms with E-state index in [1.54, 1.807) is 5.56 Å². The second-order valence-electron chi connectivity index (χ2n) is 13.8. The first-order valence-corrected chi connectivity index (χ1v) is 16.4. The van der Waals surface area contributed by atoms with E-state index >= 15 is 0 Å². The molecule has 5 aromatic rings. The number of aromatic nitrogens is 2. The van der Waals surface area contributed by atoms with E-state index in [2.05, 4.69) is 130 Å². The summed E-state index contributed by atoms with van der Waals surface area (Å²) in [6.45, 7) is 7.24. The number of allylic oxidation sites excluding steroid dienone is 4. The molecule has 1 heterocycles. The molecular formula is C42H40N2. The average Bonchev–Trinajstić information content (AvgIpc) is 3.30. The van der Waals surface area contributed by atoms with E-state index in [0.717, 1.165) is 53.5 Å². The van der Waals surface area contributed by atoms with Crippen LogP contribution in [0.2, 0.25) is 0 Å². The van der Waals surface area contributed by atoms with Gasteiger partial charge in [-0.2, -0.15) is 0 Å². The van der Waals surface area contributed by atoms with Crippen molar-refractivity contribution in [2.24, 2.45) is 11.8 Å². The van der Waals surface area contributed by atoms with Crippen LogP contribution in [-0.4, -0.2) is 9.97 Å². The predicted molar refractivity (Wildman–Crippen MR) is 184 cm³/mol. The molecular weight excluding hydrogens is 532 g/mol. The molecule has 0 spiro atoms. The van der Waals surface area contributed by atoms with Crippen LogP contribution in [0, 0.1) is 11.8 Å². The molecule has 0 fully saturated rings. The lowest BCUT2D eigenvalue weighted by molar-refractivity contribution is 0.347. The number of hydrogen-bond donors (Lipinski definition) is 0. The monoisotopic (exact) mass is 572 g/mol. The number of hydrogen-bond acceptors (Lipinski definition) is 2. The number of fused-ring (bicyclic) bond motifs is 4. The van der Waals surface area contributed by atoms with E-state index in [0.29, 0.717) is 11.8 Å². The van der Waals surface area contributed by atoms with Crippen LogP contribution in [0.25, 0.3) is 50.1 Å². The van der Waals surface area contributed by atoms with Gasteiger partial charge in [-0.15, -0.1) is 0 Å². The molecule has 1 aromatic heterocycles. The van der Waals surface area contributed by atoms with Gasteiger partial charge < -0.3 is 0 Å². The Labute approximate surface area is 261 Å². The van der Waals surface area contributed by atoms with E-state index in [-0.39, 0.29) is 5.41 Å². The molecule has 0 saturated carbocycles. The molecule has 3 aliphatic rings. The molecule has 0 N–H and O–H groups in total. The molecule has 3 aliphatic carbocycles. The maximum absolute atomic E-state index is 5.17. The van der Waals surface area contributed by atoms with Gasteiger partial charge in [-0.1, -0.05) is 124 Å². The number of rotatable bonds is 4. The van der Waals surface area contributed by atoms with Gasteiger partial charge in [-0.25, -0.2) is 9.97 Å². The summed E-state index contributed by atoms with van der Waals surface area (Å²) in [5, 5.41) is 2.69. The molecule has 3 atom stereocenters. The quantitative estimate of drug-likeness (QED) is 0.200. The van der Waals surface area contributed by atoms with Gasteiger partial charge in [0, 0.05) is 11.1 Å². The van der Waals surface area contributed by atoms with Crippen LogP contribution >= 0.6 is 0 Å². The van der Waals surface area contributed by atoms with Crippen molar-refractivity contribution in [2.45, 2.75) is 64.2 Å². The summed E-state index contributed by atoms with van der Waals surface area (Å²) in [5.41, 5.74) is 11.5. The van der Waals surface area contributed by atoms with E-state index in [1.807, 2.05) is 0 Å². The third-order valence-electron chi connectivity index (χ3n) is 10.6. The Balaban J connectivity index is 1.26. The number of benzene rings is 4. The van der Waals surface area contributed by atoms with Gasteiger partial charge in [0.25, 0.3) is 0 Å².